The number of benzene rings is 1. The quantitative estimate of drug-likeness (QED) is 0.758. The molecule has 126 valence electrons. The van der Waals surface area contributed by atoms with Gasteiger partial charge in [-0.3, -0.25) is 0 Å². The Morgan fingerprint density at radius 2 is 2.13 bits per heavy atom. The first-order chi connectivity index (χ1) is 11.2. The smallest absolute Gasteiger partial charge is 0.318 e. The second kappa shape index (κ2) is 8.67. The van der Waals surface area contributed by atoms with Crippen molar-refractivity contribution in [3.8, 4) is 0 Å². The highest BCUT2D eigenvalue weighted by atomic mass is 19.1. The number of amides is 2. The average Bonchev–Trinajstić information content (AvgIpc) is 3.07. The zero-order valence-corrected chi connectivity index (χ0v) is 13.4. The van der Waals surface area contributed by atoms with Gasteiger partial charge < -0.3 is 15.3 Å². The molecule has 0 saturated heterocycles. The topological polar surface area (TPSA) is 52.6 Å². The lowest BCUT2D eigenvalue weighted by Gasteiger charge is -2.29. The normalized spacial score (nSPS) is 16.1. The third-order valence-corrected chi connectivity index (χ3v) is 4.40. The van der Waals surface area contributed by atoms with Crippen molar-refractivity contribution < 1.29 is 14.3 Å². The molecule has 5 heteroatoms. The lowest BCUT2D eigenvalue weighted by Crippen LogP contribution is -2.44. The van der Waals surface area contributed by atoms with Crippen LogP contribution >= 0.6 is 0 Å². The number of nitrogens with one attached hydrogen (secondary N) is 1. The van der Waals surface area contributed by atoms with E-state index < -0.39 is 0 Å². The number of carbonyl (C=O) groups is 1. The first-order valence-electron chi connectivity index (χ1n) is 8.19. The molecule has 1 atom stereocenters. The summed E-state index contributed by atoms with van der Waals surface area (Å²) in [6.45, 7) is 4.09. The van der Waals surface area contributed by atoms with E-state index >= 15 is 0 Å². The molecular formula is C18H25FN2O2. The molecule has 0 aromatic heterocycles. The Morgan fingerprint density at radius 3 is 2.74 bits per heavy atom. The largest absolute Gasteiger partial charge is 0.395 e. The average molecular weight is 320 g/mol. The highest BCUT2D eigenvalue weighted by Gasteiger charge is 2.30. The lowest BCUT2D eigenvalue weighted by atomic mass is 9.91. The maximum Gasteiger partial charge on any atom is 0.318 e. The minimum Gasteiger partial charge on any atom is -0.395 e. The molecule has 0 radical (unpaired) electrons. The van der Waals surface area contributed by atoms with Gasteiger partial charge in [0.1, 0.15) is 5.82 Å². The third kappa shape index (κ3) is 4.55. The summed E-state index contributed by atoms with van der Waals surface area (Å²) < 4.78 is 14.2. The van der Waals surface area contributed by atoms with Crippen LogP contribution < -0.4 is 5.32 Å². The van der Waals surface area contributed by atoms with Crippen LogP contribution in [-0.2, 0) is 0 Å². The molecule has 0 spiro atoms. The van der Waals surface area contributed by atoms with Crippen molar-refractivity contribution in [2.24, 2.45) is 5.92 Å². The first-order valence-corrected chi connectivity index (χ1v) is 8.19. The maximum absolute atomic E-state index is 14.2. The van der Waals surface area contributed by atoms with Gasteiger partial charge in [-0.25, -0.2) is 9.18 Å². The molecule has 2 amide bonds. The van der Waals surface area contributed by atoms with Gasteiger partial charge in [0.25, 0.3) is 0 Å². The predicted octanol–water partition coefficient (Wildman–Crippen LogP) is 3.25. The van der Waals surface area contributed by atoms with Gasteiger partial charge in [-0.1, -0.05) is 37.1 Å². The number of aliphatic hydroxyl groups is 1. The van der Waals surface area contributed by atoms with Crippen molar-refractivity contribution in [2.75, 3.05) is 19.7 Å². The maximum atomic E-state index is 14.2. The van der Waals surface area contributed by atoms with Crippen LogP contribution in [0.3, 0.4) is 0 Å². The van der Waals surface area contributed by atoms with Crippen molar-refractivity contribution in [3.05, 3.63) is 48.3 Å². The van der Waals surface area contributed by atoms with Crippen LogP contribution in [0.25, 0.3) is 0 Å². The molecule has 2 rings (SSSR count). The molecule has 1 unspecified atom stereocenters. The van der Waals surface area contributed by atoms with Crippen LogP contribution in [0.15, 0.2) is 36.9 Å². The molecule has 0 aliphatic heterocycles. The lowest BCUT2D eigenvalue weighted by molar-refractivity contribution is 0.176. The monoisotopic (exact) mass is 320 g/mol. The number of nitrogens with zero attached hydrogens (tertiary/aromatic N) is 1. The molecule has 1 fully saturated rings. The Hall–Kier alpha value is -1.88. The van der Waals surface area contributed by atoms with Crippen molar-refractivity contribution >= 4 is 6.03 Å². The minimum atomic E-state index is -0.336. The summed E-state index contributed by atoms with van der Waals surface area (Å²) >= 11 is 0. The Morgan fingerprint density at radius 1 is 1.43 bits per heavy atom. The van der Waals surface area contributed by atoms with Crippen LogP contribution in [0.5, 0.6) is 0 Å². The van der Waals surface area contributed by atoms with E-state index in [-0.39, 0.29) is 37.0 Å². The molecule has 4 nitrogen and oxygen atoms in total. The second-order valence-electron chi connectivity index (χ2n) is 5.95. The summed E-state index contributed by atoms with van der Waals surface area (Å²) in [6, 6.07) is 5.99. The summed E-state index contributed by atoms with van der Waals surface area (Å²) in [7, 11) is 0. The highest BCUT2D eigenvalue weighted by molar-refractivity contribution is 5.75. The molecule has 1 aliphatic carbocycles. The van der Waals surface area contributed by atoms with Crippen molar-refractivity contribution in [1.82, 2.24) is 10.2 Å². The Balaban J connectivity index is 2.19. The van der Waals surface area contributed by atoms with E-state index in [1.807, 2.05) is 0 Å². The molecule has 0 bridgehead atoms. The van der Waals surface area contributed by atoms with E-state index in [4.69, 9.17) is 5.11 Å². The van der Waals surface area contributed by atoms with Gasteiger partial charge in [0, 0.05) is 18.7 Å². The number of rotatable bonds is 7. The van der Waals surface area contributed by atoms with Gasteiger partial charge in [-0.15, -0.1) is 6.58 Å². The zero-order chi connectivity index (χ0) is 16.7. The van der Waals surface area contributed by atoms with Crippen LogP contribution in [0.2, 0.25) is 0 Å². The number of halogens is 1. The van der Waals surface area contributed by atoms with Gasteiger partial charge in [-0.05, 0) is 24.8 Å². The standard InChI is InChI=1S/C18H25FN2O2/c1-2-11-21(12-13-22)18(23)20-17(14-7-3-4-8-14)15-9-5-6-10-16(15)19/h2,5-6,9-10,14,17,22H,1,3-4,7-8,11-13H2,(H,20,23). The highest BCUT2D eigenvalue weighted by Crippen LogP contribution is 2.36. The van der Waals surface area contributed by atoms with E-state index in [9.17, 15) is 9.18 Å². The predicted molar refractivity (Wildman–Crippen MR) is 88.5 cm³/mol. The summed E-state index contributed by atoms with van der Waals surface area (Å²) in [5.74, 6) is -0.0438. The summed E-state index contributed by atoms with van der Waals surface area (Å²) in [5.41, 5.74) is 0.537. The van der Waals surface area contributed by atoms with Gasteiger partial charge in [0.05, 0.1) is 12.6 Å². The Labute approximate surface area is 137 Å². The molecule has 23 heavy (non-hydrogen) atoms. The number of hydrogen-bond donors (Lipinski definition) is 2. The molecule has 2 N–H and O–H groups in total. The van der Waals surface area contributed by atoms with E-state index in [1.54, 1.807) is 24.3 Å². The third-order valence-electron chi connectivity index (χ3n) is 4.40. The zero-order valence-electron chi connectivity index (χ0n) is 13.4. The molecular weight excluding hydrogens is 295 g/mol. The summed E-state index contributed by atoms with van der Waals surface area (Å²) in [4.78, 5) is 14.0. The molecule has 1 aliphatic rings. The second-order valence-corrected chi connectivity index (χ2v) is 5.95. The summed E-state index contributed by atoms with van der Waals surface area (Å²) in [6.07, 6.45) is 5.81. The van der Waals surface area contributed by atoms with Gasteiger partial charge in [-0.2, -0.15) is 0 Å². The molecule has 1 aromatic rings. The number of urea groups is 1. The van der Waals surface area contributed by atoms with E-state index in [2.05, 4.69) is 11.9 Å². The SMILES string of the molecule is C=CCN(CCO)C(=O)NC(c1ccccc1F)C1CCCC1. The first kappa shape index (κ1) is 17.5. The van der Waals surface area contributed by atoms with Crippen molar-refractivity contribution in [1.29, 1.82) is 0 Å². The van der Waals surface area contributed by atoms with E-state index in [0.29, 0.717) is 12.1 Å². The van der Waals surface area contributed by atoms with Crippen LogP contribution in [0.4, 0.5) is 9.18 Å². The Kier molecular flexibility index (Phi) is 6.59. The molecule has 1 saturated carbocycles. The number of hydrogen-bond acceptors (Lipinski definition) is 2. The summed E-state index contributed by atoms with van der Waals surface area (Å²) in [5, 5.41) is 12.1. The van der Waals surface area contributed by atoms with Gasteiger partial charge >= 0.3 is 6.03 Å². The fourth-order valence-corrected chi connectivity index (χ4v) is 3.24. The van der Waals surface area contributed by atoms with Crippen LogP contribution in [0.1, 0.15) is 37.3 Å². The van der Waals surface area contributed by atoms with Crippen molar-refractivity contribution in [2.45, 2.75) is 31.7 Å². The van der Waals surface area contributed by atoms with Crippen LogP contribution in [0, 0.1) is 11.7 Å². The molecule has 0 heterocycles. The fourth-order valence-electron chi connectivity index (χ4n) is 3.24. The van der Waals surface area contributed by atoms with E-state index in [0.717, 1.165) is 25.7 Å². The van der Waals surface area contributed by atoms with Gasteiger partial charge in [0.2, 0.25) is 0 Å². The number of aliphatic hydroxyl groups excluding tert-OH is 1. The van der Waals surface area contributed by atoms with Crippen molar-refractivity contribution in [3.63, 3.8) is 0 Å². The molecule has 1 aromatic carbocycles. The number of carbonyl (C=O) groups excluding carboxylic acids is 1. The van der Waals surface area contributed by atoms with Crippen LogP contribution in [-0.4, -0.2) is 35.7 Å². The minimum absolute atomic E-state index is 0.116. The van der Waals surface area contributed by atoms with E-state index in [1.165, 1.54) is 11.0 Å². The Bertz CT molecular complexity index is 530. The fraction of sp³-hybridized carbons (Fsp3) is 0.500. The van der Waals surface area contributed by atoms with Gasteiger partial charge in [0.15, 0.2) is 0 Å².